The molecule has 2 atom stereocenters. The molecular formula is C20H25N3O6. The van der Waals surface area contributed by atoms with Crippen molar-refractivity contribution in [3.05, 3.63) is 23.8 Å². The molecule has 156 valence electrons. The van der Waals surface area contributed by atoms with Crippen LogP contribution in [0.5, 0.6) is 5.75 Å². The molecule has 9 nitrogen and oxygen atoms in total. The minimum atomic E-state index is -1.12. The number of imide groups is 1. The van der Waals surface area contributed by atoms with Gasteiger partial charge in [0.1, 0.15) is 17.8 Å². The molecule has 0 aromatic heterocycles. The fourth-order valence-corrected chi connectivity index (χ4v) is 3.37. The molecule has 4 amide bonds. The third-order valence-electron chi connectivity index (χ3n) is 5.27. The molecule has 2 fully saturated rings. The number of carbonyl (C=O) groups is 4. The highest BCUT2D eigenvalue weighted by Gasteiger charge is 2.56. The van der Waals surface area contributed by atoms with Gasteiger partial charge in [0.05, 0.1) is 12.8 Å². The molecule has 3 rings (SSSR count). The van der Waals surface area contributed by atoms with Crippen LogP contribution in [0.2, 0.25) is 0 Å². The van der Waals surface area contributed by atoms with Gasteiger partial charge < -0.3 is 20.1 Å². The van der Waals surface area contributed by atoms with Gasteiger partial charge in [-0.3, -0.25) is 19.3 Å². The van der Waals surface area contributed by atoms with E-state index in [1.807, 2.05) is 13.0 Å². The lowest BCUT2D eigenvalue weighted by atomic mass is 9.96. The Bertz CT molecular complexity index is 866. The Morgan fingerprint density at radius 1 is 1.34 bits per heavy atom. The standard InChI is InChI=1S/C20H25N3O6/c1-11-5-8-15(28-4)14(9-11)21-17(25)12(2)29-16(24)10-23-18(26)20(3,13-6-7-13)22-19(23)27/h5,8-9,12-13H,6-7,10H2,1-4H3,(H,21,25)(H,22,27)/t12-,20+/m1/s1. The van der Waals surface area contributed by atoms with Gasteiger partial charge in [-0.25, -0.2) is 4.79 Å². The number of methoxy groups -OCH3 is 1. The fraction of sp³-hybridized carbons (Fsp3) is 0.500. The molecule has 9 heteroatoms. The lowest BCUT2D eigenvalue weighted by molar-refractivity contribution is -0.155. The van der Waals surface area contributed by atoms with Crippen molar-refractivity contribution < 1.29 is 28.7 Å². The summed E-state index contributed by atoms with van der Waals surface area (Å²) < 4.78 is 10.3. The number of aryl methyl sites for hydroxylation is 1. The van der Waals surface area contributed by atoms with E-state index in [1.165, 1.54) is 14.0 Å². The number of urea groups is 1. The molecule has 2 N–H and O–H groups in total. The van der Waals surface area contributed by atoms with E-state index in [0.717, 1.165) is 23.3 Å². The van der Waals surface area contributed by atoms with Crippen molar-refractivity contribution in [2.24, 2.45) is 5.92 Å². The highest BCUT2D eigenvalue weighted by atomic mass is 16.5. The van der Waals surface area contributed by atoms with Crippen molar-refractivity contribution in [1.29, 1.82) is 0 Å². The molecule has 1 heterocycles. The van der Waals surface area contributed by atoms with Crippen molar-refractivity contribution in [2.45, 2.75) is 45.3 Å². The molecule has 1 aliphatic carbocycles. The summed E-state index contributed by atoms with van der Waals surface area (Å²) in [5, 5.41) is 5.31. The first kappa shape index (κ1) is 20.6. The topological polar surface area (TPSA) is 114 Å². The number of esters is 1. The van der Waals surface area contributed by atoms with Crippen molar-refractivity contribution in [1.82, 2.24) is 10.2 Å². The summed E-state index contributed by atoms with van der Waals surface area (Å²) in [4.78, 5) is 50.1. The van der Waals surface area contributed by atoms with Crippen molar-refractivity contribution in [2.75, 3.05) is 19.0 Å². The van der Waals surface area contributed by atoms with E-state index in [0.29, 0.717) is 11.4 Å². The second-order valence-electron chi connectivity index (χ2n) is 7.62. The molecule has 29 heavy (non-hydrogen) atoms. The number of carbonyl (C=O) groups excluding carboxylic acids is 4. The van der Waals surface area contributed by atoms with Crippen LogP contribution in [0.1, 0.15) is 32.3 Å². The Kier molecular flexibility index (Phi) is 5.50. The summed E-state index contributed by atoms with van der Waals surface area (Å²) >= 11 is 0. The molecule has 1 saturated heterocycles. The summed E-state index contributed by atoms with van der Waals surface area (Å²) in [6.45, 7) is 4.40. The fourth-order valence-electron chi connectivity index (χ4n) is 3.37. The molecule has 1 aromatic carbocycles. The third kappa shape index (κ3) is 4.18. The van der Waals surface area contributed by atoms with Crippen LogP contribution in [0.4, 0.5) is 10.5 Å². The maximum Gasteiger partial charge on any atom is 0.327 e. The van der Waals surface area contributed by atoms with Crippen molar-refractivity contribution >= 4 is 29.5 Å². The maximum absolute atomic E-state index is 12.6. The SMILES string of the molecule is COc1ccc(C)cc1NC(=O)[C@@H](C)OC(=O)CN1C(=O)N[C@@](C)(C2CC2)C1=O. The number of rotatable bonds is 7. The van der Waals surface area contributed by atoms with E-state index < -0.39 is 42.0 Å². The van der Waals surface area contributed by atoms with E-state index in [1.54, 1.807) is 19.1 Å². The maximum atomic E-state index is 12.6. The monoisotopic (exact) mass is 403 g/mol. The minimum absolute atomic E-state index is 0.0916. The normalized spacial score (nSPS) is 22.1. The highest BCUT2D eigenvalue weighted by molar-refractivity contribution is 6.09. The van der Waals surface area contributed by atoms with Gasteiger partial charge >= 0.3 is 12.0 Å². The lowest BCUT2D eigenvalue weighted by Gasteiger charge is -2.21. The summed E-state index contributed by atoms with van der Waals surface area (Å²) in [6.07, 6.45) is 0.601. The Morgan fingerprint density at radius 3 is 2.66 bits per heavy atom. The first-order valence-electron chi connectivity index (χ1n) is 9.44. The van der Waals surface area contributed by atoms with Gasteiger partial charge in [0, 0.05) is 0 Å². The van der Waals surface area contributed by atoms with Gasteiger partial charge in [0.2, 0.25) is 0 Å². The van der Waals surface area contributed by atoms with Crippen molar-refractivity contribution in [3.8, 4) is 5.75 Å². The zero-order chi connectivity index (χ0) is 21.3. The number of ether oxygens (including phenoxy) is 2. The Morgan fingerprint density at radius 2 is 2.03 bits per heavy atom. The third-order valence-corrected chi connectivity index (χ3v) is 5.27. The lowest BCUT2D eigenvalue weighted by Crippen LogP contribution is -2.46. The molecule has 1 aliphatic heterocycles. The van der Waals surface area contributed by atoms with Crippen LogP contribution in [-0.2, 0) is 19.1 Å². The van der Waals surface area contributed by atoms with Crippen molar-refractivity contribution in [3.63, 3.8) is 0 Å². The number of hydrogen-bond donors (Lipinski definition) is 2. The highest BCUT2D eigenvalue weighted by Crippen LogP contribution is 2.42. The van der Waals surface area contributed by atoms with Crippen LogP contribution in [0.3, 0.4) is 0 Å². The van der Waals surface area contributed by atoms with Gasteiger partial charge in [-0.2, -0.15) is 0 Å². The number of amides is 4. The van der Waals surface area contributed by atoms with Gasteiger partial charge in [0.25, 0.3) is 11.8 Å². The number of nitrogens with one attached hydrogen (secondary N) is 2. The molecule has 0 radical (unpaired) electrons. The van der Waals surface area contributed by atoms with E-state index in [9.17, 15) is 19.2 Å². The minimum Gasteiger partial charge on any atom is -0.495 e. The van der Waals surface area contributed by atoms with Gasteiger partial charge in [-0.15, -0.1) is 0 Å². The van der Waals surface area contributed by atoms with Gasteiger partial charge in [-0.1, -0.05) is 6.07 Å². The average Bonchev–Trinajstić information content (AvgIpc) is 3.48. The predicted molar refractivity (Wildman–Crippen MR) is 103 cm³/mol. The van der Waals surface area contributed by atoms with Crippen LogP contribution in [0, 0.1) is 12.8 Å². The summed E-state index contributed by atoms with van der Waals surface area (Å²) in [7, 11) is 1.48. The summed E-state index contributed by atoms with van der Waals surface area (Å²) in [5.41, 5.74) is 0.403. The first-order chi connectivity index (χ1) is 13.7. The Hall–Kier alpha value is -3.10. The Balaban J connectivity index is 1.58. The summed E-state index contributed by atoms with van der Waals surface area (Å²) in [5.74, 6) is -1.27. The molecule has 2 aliphatic rings. The number of anilines is 1. The second-order valence-corrected chi connectivity index (χ2v) is 7.62. The zero-order valence-electron chi connectivity index (χ0n) is 16.9. The Labute approximate surface area is 168 Å². The summed E-state index contributed by atoms with van der Waals surface area (Å²) in [6, 6.07) is 4.67. The zero-order valence-corrected chi connectivity index (χ0v) is 16.9. The predicted octanol–water partition coefficient (Wildman–Crippen LogP) is 1.59. The number of benzene rings is 1. The molecule has 1 aromatic rings. The number of nitrogens with zero attached hydrogens (tertiary/aromatic N) is 1. The van der Waals surface area contributed by atoms with E-state index in [-0.39, 0.29) is 5.92 Å². The molecule has 0 bridgehead atoms. The van der Waals surface area contributed by atoms with Crippen LogP contribution in [-0.4, -0.2) is 54.0 Å². The van der Waals surface area contributed by atoms with Gasteiger partial charge in [-0.05, 0) is 57.2 Å². The molecular weight excluding hydrogens is 378 g/mol. The molecule has 0 unspecified atom stereocenters. The average molecular weight is 403 g/mol. The molecule has 0 spiro atoms. The first-order valence-corrected chi connectivity index (χ1v) is 9.44. The number of hydrogen-bond acceptors (Lipinski definition) is 6. The second kappa shape index (κ2) is 7.73. The molecule has 1 saturated carbocycles. The van der Waals surface area contributed by atoms with E-state index >= 15 is 0 Å². The van der Waals surface area contributed by atoms with Crippen LogP contribution in [0.15, 0.2) is 18.2 Å². The quantitative estimate of drug-likeness (QED) is 0.528. The van der Waals surface area contributed by atoms with Gasteiger partial charge in [0.15, 0.2) is 6.10 Å². The van der Waals surface area contributed by atoms with Crippen LogP contribution < -0.4 is 15.4 Å². The largest absolute Gasteiger partial charge is 0.495 e. The van der Waals surface area contributed by atoms with E-state index in [4.69, 9.17) is 9.47 Å². The van der Waals surface area contributed by atoms with Crippen LogP contribution in [0.25, 0.3) is 0 Å². The van der Waals surface area contributed by atoms with E-state index in [2.05, 4.69) is 10.6 Å². The van der Waals surface area contributed by atoms with Crippen LogP contribution >= 0.6 is 0 Å². The smallest absolute Gasteiger partial charge is 0.327 e.